The summed E-state index contributed by atoms with van der Waals surface area (Å²) >= 11 is 0. The number of nitrogens with zero attached hydrogens (tertiary/aromatic N) is 1. The minimum absolute atomic E-state index is 0.847. The zero-order valence-electron chi connectivity index (χ0n) is 8.47. The first-order valence-corrected chi connectivity index (χ1v) is 5.21. The maximum atomic E-state index is 3.22. The predicted molar refractivity (Wildman–Crippen MR) is 53.4 cm³/mol. The summed E-state index contributed by atoms with van der Waals surface area (Å²) in [5, 5.41) is 3.22. The molecule has 2 heterocycles. The molecule has 2 aliphatic heterocycles. The Labute approximate surface area is 76.3 Å². The average Bonchev–Trinajstić information content (AvgIpc) is 2.67. The van der Waals surface area contributed by atoms with Crippen LogP contribution in [0.4, 0.5) is 0 Å². The molecule has 12 heavy (non-hydrogen) atoms. The standard InChI is InChI=1S/C6H13N.C4H9N/c1-6-4-3-5-7(6)2;1-2-4-5-3-1/h6H,3-5H2,1-2H3;5H,1-4H2. The molecule has 1 unspecified atom stereocenters. The molecule has 0 spiro atoms. The molecular weight excluding hydrogens is 148 g/mol. The van der Waals surface area contributed by atoms with Crippen molar-refractivity contribution in [2.45, 2.75) is 38.6 Å². The van der Waals surface area contributed by atoms with Gasteiger partial charge in [0.25, 0.3) is 0 Å². The van der Waals surface area contributed by atoms with Crippen LogP contribution in [0, 0.1) is 0 Å². The third kappa shape index (κ3) is 3.55. The van der Waals surface area contributed by atoms with E-state index in [1.807, 2.05) is 0 Å². The van der Waals surface area contributed by atoms with Gasteiger partial charge in [0.05, 0.1) is 0 Å². The van der Waals surface area contributed by atoms with E-state index in [9.17, 15) is 0 Å². The van der Waals surface area contributed by atoms with E-state index < -0.39 is 0 Å². The SMILES string of the molecule is C1CCNC1.CC1CCCN1C. The number of hydrogen-bond donors (Lipinski definition) is 1. The van der Waals surface area contributed by atoms with Gasteiger partial charge in [-0.25, -0.2) is 0 Å². The van der Waals surface area contributed by atoms with Gasteiger partial charge in [0.1, 0.15) is 0 Å². The number of nitrogens with one attached hydrogen (secondary N) is 1. The minimum atomic E-state index is 0.847. The zero-order chi connectivity index (χ0) is 8.81. The van der Waals surface area contributed by atoms with Crippen LogP contribution < -0.4 is 5.32 Å². The lowest BCUT2D eigenvalue weighted by atomic mass is 10.3. The van der Waals surface area contributed by atoms with Crippen molar-refractivity contribution >= 4 is 0 Å². The summed E-state index contributed by atoms with van der Waals surface area (Å²) in [6, 6.07) is 0.847. The maximum absolute atomic E-state index is 3.22. The van der Waals surface area contributed by atoms with Crippen molar-refractivity contribution in [1.29, 1.82) is 0 Å². The summed E-state index contributed by atoms with van der Waals surface area (Å²) < 4.78 is 0. The van der Waals surface area contributed by atoms with Gasteiger partial charge >= 0.3 is 0 Å². The van der Waals surface area contributed by atoms with Crippen LogP contribution in [0.2, 0.25) is 0 Å². The van der Waals surface area contributed by atoms with E-state index >= 15 is 0 Å². The fourth-order valence-corrected chi connectivity index (χ4v) is 1.70. The van der Waals surface area contributed by atoms with Crippen LogP contribution in [-0.2, 0) is 0 Å². The minimum Gasteiger partial charge on any atom is -0.317 e. The molecule has 0 aromatic rings. The van der Waals surface area contributed by atoms with E-state index in [4.69, 9.17) is 0 Å². The van der Waals surface area contributed by atoms with Crippen molar-refractivity contribution in [3.63, 3.8) is 0 Å². The normalized spacial score (nSPS) is 30.0. The molecule has 0 amide bonds. The Hall–Kier alpha value is -0.0800. The second kappa shape index (κ2) is 5.55. The Kier molecular flexibility index (Phi) is 4.62. The topological polar surface area (TPSA) is 15.3 Å². The Morgan fingerprint density at radius 3 is 2.00 bits per heavy atom. The van der Waals surface area contributed by atoms with E-state index in [-0.39, 0.29) is 0 Å². The first-order valence-electron chi connectivity index (χ1n) is 5.21. The smallest absolute Gasteiger partial charge is 0.00643 e. The van der Waals surface area contributed by atoms with Gasteiger partial charge in [-0.2, -0.15) is 0 Å². The lowest BCUT2D eigenvalue weighted by Crippen LogP contribution is -2.20. The van der Waals surface area contributed by atoms with Crippen molar-refractivity contribution in [3.8, 4) is 0 Å². The molecule has 0 radical (unpaired) electrons. The molecule has 0 aliphatic carbocycles. The second-order valence-corrected chi connectivity index (χ2v) is 3.93. The summed E-state index contributed by atoms with van der Waals surface area (Å²) in [6.07, 6.45) is 5.58. The van der Waals surface area contributed by atoms with Crippen LogP contribution in [0.25, 0.3) is 0 Å². The average molecular weight is 170 g/mol. The Bertz CT molecular complexity index is 94.8. The third-order valence-corrected chi connectivity index (χ3v) is 2.84. The molecule has 1 N–H and O–H groups in total. The summed E-state index contributed by atoms with van der Waals surface area (Å²) in [6.45, 7) is 6.09. The molecule has 1 atom stereocenters. The van der Waals surface area contributed by atoms with E-state index in [0.29, 0.717) is 0 Å². The molecule has 0 aromatic heterocycles. The van der Waals surface area contributed by atoms with Gasteiger partial charge in [-0.15, -0.1) is 0 Å². The first kappa shape index (κ1) is 10.0. The van der Waals surface area contributed by atoms with E-state index in [1.165, 1.54) is 45.3 Å². The van der Waals surface area contributed by atoms with Crippen molar-refractivity contribution in [1.82, 2.24) is 10.2 Å². The second-order valence-electron chi connectivity index (χ2n) is 3.93. The van der Waals surface area contributed by atoms with Gasteiger partial charge in [0.2, 0.25) is 0 Å². The fourth-order valence-electron chi connectivity index (χ4n) is 1.70. The van der Waals surface area contributed by atoms with E-state index in [2.05, 4.69) is 24.2 Å². The first-order chi connectivity index (χ1) is 5.80. The van der Waals surface area contributed by atoms with Gasteiger partial charge in [0, 0.05) is 6.04 Å². The number of likely N-dealkylation sites (tertiary alicyclic amines) is 1. The monoisotopic (exact) mass is 170 g/mol. The molecule has 2 aliphatic rings. The van der Waals surface area contributed by atoms with Crippen LogP contribution in [0.1, 0.15) is 32.6 Å². The number of rotatable bonds is 0. The molecule has 2 nitrogen and oxygen atoms in total. The van der Waals surface area contributed by atoms with E-state index in [0.717, 1.165) is 6.04 Å². The molecule has 0 bridgehead atoms. The highest BCUT2D eigenvalue weighted by molar-refractivity contribution is 4.70. The predicted octanol–water partition coefficient (Wildman–Crippen LogP) is 1.47. The Morgan fingerprint density at radius 2 is 1.83 bits per heavy atom. The lowest BCUT2D eigenvalue weighted by Gasteiger charge is -2.12. The molecule has 72 valence electrons. The summed E-state index contributed by atoms with van der Waals surface area (Å²) in [7, 11) is 2.19. The maximum Gasteiger partial charge on any atom is 0.00643 e. The van der Waals surface area contributed by atoms with Gasteiger partial charge < -0.3 is 10.2 Å². The largest absolute Gasteiger partial charge is 0.317 e. The molecule has 0 saturated carbocycles. The van der Waals surface area contributed by atoms with Crippen molar-refractivity contribution < 1.29 is 0 Å². The molecular formula is C10H22N2. The Morgan fingerprint density at radius 1 is 1.17 bits per heavy atom. The van der Waals surface area contributed by atoms with Crippen LogP contribution in [0.15, 0.2) is 0 Å². The highest BCUT2D eigenvalue weighted by Crippen LogP contribution is 2.12. The number of hydrogen-bond acceptors (Lipinski definition) is 2. The molecule has 2 saturated heterocycles. The zero-order valence-corrected chi connectivity index (χ0v) is 8.47. The van der Waals surface area contributed by atoms with Crippen molar-refractivity contribution in [2.75, 3.05) is 26.7 Å². The highest BCUT2D eigenvalue weighted by atomic mass is 15.1. The molecule has 2 rings (SSSR count). The Balaban J connectivity index is 0.000000127. The summed E-state index contributed by atoms with van der Waals surface area (Å²) in [5.41, 5.74) is 0. The van der Waals surface area contributed by atoms with E-state index in [1.54, 1.807) is 0 Å². The van der Waals surface area contributed by atoms with Crippen molar-refractivity contribution in [2.24, 2.45) is 0 Å². The summed E-state index contributed by atoms with van der Waals surface area (Å²) in [4.78, 5) is 2.40. The van der Waals surface area contributed by atoms with Crippen LogP contribution in [0.5, 0.6) is 0 Å². The van der Waals surface area contributed by atoms with Gasteiger partial charge in [-0.1, -0.05) is 0 Å². The third-order valence-electron chi connectivity index (χ3n) is 2.84. The molecule has 2 fully saturated rings. The molecule has 0 aromatic carbocycles. The highest BCUT2D eigenvalue weighted by Gasteiger charge is 2.14. The van der Waals surface area contributed by atoms with Crippen LogP contribution in [0.3, 0.4) is 0 Å². The van der Waals surface area contributed by atoms with Gasteiger partial charge in [0.15, 0.2) is 0 Å². The quantitative estimate of drug-likeness (QED) is 0.592. The van der Waals surface area contributed by atoms with Gasteiger partial charge in [-0.3, -0.25) is 0 Å². The van der Waals surface area contributed by atoms with Crippen molar-refractivity contribution in [3.05, 3.63) is 0 Å². The van der Waals surface area contributed by atoms with Crippen LogP contribution in [-0.4, -0.2) is 37.6 Å². The summed E-state index contributed by atoms with van der Waals surface area (Å²) in [5.74, 6) is 0. The van der Waals surface area contributed by atoms with Gasteiger partial charge in [-0.05, 0) is 59.3 Å². The molecule has 2 heteroatoms. The van der Waals surface area contributed by atoms with Crippen LogP contribution >= 0.6 is 0 Å². The lowest BCUT2D eigenvalue weighted by molar-refractivity contribution is 0.331. The fraction of sp³-hybridized carbons (Fsp3) is 1.00.